The number of anilines is 1. The number of hydrogen-bond donors (Lipinski definition) is 1. The molecular formula is C13H20FNO. The second-order valence-electron chi connectivity index (χ2n) is 3.89. The molecule has 2 rings (SSSR count). The van der Waals surface area contributed by atoms with E-state index in [1.165, 1.54) is 6.07 Å². The molecule has 1 unspecified atom stereocenters. The van der Waals surface area contributed by atoms with Crippen LogP contribution >= 0.6 is 0 Å². The van der Waals surface area contributed by atoms with Gasteiger partial charge in [-0.1, -0.05) is 13.8 Å². The fourth-order valence-electron chi connectivity index (χ4n) is 1.88. The molecule has 1 aromatic rings. The fraction of sp³-hybridized carbons (Fsp3) is 0.538. The number of hydrogen-bond acceptors (Lipinski definition) is 2. The maximum atomic E-state index is 13.3. The molecule has 0 saturated carbocycles. The molecule has 0 aliphatic carbocycles. The van der Waals surface area contributed by atoms with Gasteiger partial charge in [0, 0.05) is 24.8 Å². The molecule has 0 fully saturated rings. The Hall–Kier alpha value is -1.09. The predicted molar refractivity (Wildman–Crippen MR) is 65.3 cm³/mol. The third kappa shape index (κ3) is 2.35. The second kappa shape index (κ2) is 5.30. The predicted octanol–water partition coefficient (Wildman–Crippen LogP) is 3.03. The number of aliphatic hydroxyl groups excluding tert-OH is 1. The Balaban J connectivity index is 0.000000606. The van der Waals surface area contributed by atoms with E-state index < -0.39 is 6.10 Å². The van der Waals surface area contributed by atoms with E-state index in [-0.39, 0.29) is 5.82 Å². The maximum absolute atomic E-state index is 13.3. The lowest BCUT2D eigenvalue weighted by atomic mass is 9.97. The Morgan fingerprint density at radius 2 is 2.00 bits per heavy atom. The van der Waals surface area contributed by atoms with Crippen LogP contribution in [0.1, 0.15) is 37.5 Å². The quantitative estimate of drug-likeness (QED) is 0.733. The molecule has 0 bridgehead atoms. The van der Waals surface area contributed by atoms with Crippen molar-refractivity contribution in [3.05, 3.63) is 29.1 Å². The summed E-state index contributed by atoms with van der Waals surface area (Å²) in [6.07, 6.45) is 0.273. The van der Waals surface area contributed by atoms with Gasteiger partial charge in [-0.05, 0) is 31.0 Å². The molecule has 0 amide bonds. The Morgan fingerprint density at radius 3 is 2.62 bits per heavy atom. The molecule has 1 aliphatic rings. The van der Waals surface area contributed by atoms with Gasteiger partial charge in [-0.2, -0.15) is 0 Å². The lowest BCUT2D eigenvalue weighted by molar-refractivity contribution is 0.165. The van der Waals surface area contributed by atoms with Gasteiger partial charge in [0.2, 0.25) is 0 Å². The van der Waals surface area contributed by atoms with Gasteiger partial charge in [-0.15, -0.1) is 0 Å². The largest absolute Gasteiger partial charge is 0.388 e. The fourth-order valence-corrected chi connectivity index (χ4v) is 1.88. The van der Waals surface area contributed by atoms with E-state index >= 15 is 0 Å². The van der Waals surface area contributed by atoms with Crippen LogP contribution in [0.3, 0.4) is 0 Å². The van der Waals surface area contributed by atoms with Crippen LogP contribution in [0.25, 0.3) is 0 Å². The summed E-state index contributed by atoms with van der Waals surface area (Å²) in [4.78, 5) is 1.98. The highest BCUT2D eigenvalue weighted by molar-refractivity contribution is 5.57. The third-order valence-corrected chi connectivity index (χ3v) is 2.82. The zero-order valence-electron chi connectivity index (χ0n) is 10.4. The van der Waals surface area contributed by atoms with Crippen molar-refractivity contribution in [2.75, 3.05) is 18.5 Å². The lowest BCUT2D eigenvalue weighted by Gasteiger charge is -2.31. The number of rotatable bonds is 0. The van der Waals surface area contributed by atoms with Gasteiger partial charge in [0.05, 0.1) is 6.10 Å². The van der Waals surface area contributed by atoms with Crippen molar-refractivity contribution < 1.29 is 9.50 Å². The third-order valence-electron chi connectivity index (χ3n) is 2.82. The molecule has 0 spiro atoms. The first-order chi connectivity index (χ1) is 7.59. The zero-order chi connectivity index (χ0) is 12.3. The lowest BCUT2D eigenvalue weighted by Crippen LogP contribution is -2.27. The summed E-state index contributed by atoms with van der Waals surface area (Å²) >= 11 is 0. The molecule has 2 nitrogen and oxygen atoms in total. The number of aliphatic hydroxyl groups is 1. The molecule has 0 aromatic heterocycles. The zero-order valence-corrected chi connectivity index (χ0v) is 10.4. The summed E-state index contributed by atoms with van der Waals surface area (Å²) in [5, 5.41) is 9.75. The Bertz CT molecular complexity index is 330. The second-order valence-corrected chi connectivity index (χ2v) is 3.89. The average molecular weight is 225 g/mol. The van der Waals surface area contributed by atoms with Crippen LogP contribution in [0.4, 0.5) is 10.1 Å². The number of nitrogens with zero attached hydrogens (tertiary/aromatic N) is 1. The highest BCUT2D eigenvalue weighted by Crippen LogP contribution is 2.34. The number of fused-ring (bicyclic) bond motifs is 1. The van der Waals surface area contributed by atoms with Gasteiger partial charge < -0.3 is 10.0 Å². The molecule has 0 saturated heterocycles. The molecule has 1 aromatic carbocycles. The Kier molecular flexibility index (Phi) is 4.30. The molecule has 16 heavy (non-hydrogen) atoms. The summed E-state index contributed by atoms with van der Waals surface area (Å²) in [6, 6.07) is 3.25. The van der Waals surface area contributed by atoms with Crippen LogP contribution in [0.15, 0.2) is 12.1 Å². The number of halogens is 1. The molecule has 1 heterocycles. The first-order valence-corrected chi connectivity index (χ1v) is 5.79. The molecule has 3 heteroatoms. The van der Waals surface area contributed by atoms with Crippen molar-refractivity contribution in [2.24, 2.45) is 0 Å². The topological polar surface area (TPSA) is 23.5 Å². The molecule has 0 radical (unpaired) electrons. The molecule has 1 N–H and O–H groups in total. The van der Waals surface area contributed by atoms with Crippen molar-refractivity contribution in [2.45, 2.75) is 33.3 Å². The number of aryl methyl sites for hydroxylation is 1. The minimum atomic E-state index is -0.444. The Labute approximate surface area is 96.7 Å². The summed E-state index contributed by atoms with van der Waals surface area (Å²) in [6.45, 7) is 6.49. The summed E-state index contributed by atoms with van der Waals surface area (Å²) in [5.74, 6) is -0.204. The Morgan fingerprint density at radius 1 is 1.38 bits per heavy atom. The van der Waals surface area contributed by atoms with Gasteiger partial charge in [0.25, 0.3) is 0 Å². The van der Waals surface area contributed by atoms with Crippen molar-refractivity contribution in [1.29, 1.82) is 0 Å². The van der Waals surface area contributed by atoms with Crippen LogP contribution in [0.5, 0.6) is 0 Å². The standard InChI is InChI=1S/C11H14FNO.C2H6/c1-7-5-8-10(6-9(7)12)13(2)4-3-11(8)14;1-2/h5-6,11,14H,3-4H2,1-2H3;1-2H3. The van der Waals surface area contributed by atoms with Crippen molar-refractivity contribution in [3.8, 4) is 0 Å². The summed E-state index contributed by atoms with van der Waals surface area (Å²) in [5.41, 5.74) is 2.25. The minimum absolute atomic E-state index is 0.204. The SMILES string of the molecule is CC.Cc1cc2c(cc1F)N(C)CCC2O. The van der Waals surface area contributed by atoms with E-state index in [9.17, 15) is 9.50 Å². The van der Waals surface area contributed by atoms with E-state index in [4.69, 9.17) is 0 Å². The van der Waals surface area contributed by atoms with Crippen molar-refractivity contribution in [1.82, 2.24) is 0 Å². The summed E-state index contributed by atoms with van der Waals surface area (Å²) in [7, 11) is 1.92. The molecule has 90 valence electrons. The van der Waals surface area contributed by atoms with Gasteiger partial charge >= 0.3 is 0 Å². The summed E-state index contributed by atoms with van der Waals surface area (Å²) < 4.78 is 13.3. The highest BCUT2D eigenvalue weighted by atomic mass is 19.1. The average Bonchev–Trinajstić information content (AvgIpc) is 2.29. The minimum Gasteiger partial charge on any atom is -0.388 e. The van der Waals surface area contributed by atoms with Crippen molar-refractivity contribution >= 4 is 5.69 Å². The van der Waals surface area contributed by atoms with Crippen LogP contribution < -0.4 is 4.90 Å². The van der Waals surface area contributed by atoms with Crippen LogP contribution in [-0.2, 0) is 0 Å². The first-order valence-electron chi connectivity index (χ1n) is 5.79. The normalized spacial score (nSPS) is 18.6. The molecule has 1 atom stereocenters. The maximum Gasteiger partial charge on any atom is 0.128 e. The van der Waals surface area contributed by atoms with E-state index in [0.717, 1.165) is 17.8 Å². The smallest absolute Gasteiger partial charge is 0.128 e. The molecule has 1 aliphatic heterocycles. The number of benzene rings is 1. The van der Waals surface area contributed by atoms with Gasteiger partial charge in [0.15, 0.2) is 0 Å². The van der Waals surface area contributed by atoms with E-state index in [0.29, 0.717) is 12.0 Å². The van der Waals surface area contributed by atoms with Gasteiger partial charge in [0.1, 0.15) is 5.82 Å². The first kappa shape index (κ1) is 13.0. The van der Waals surface area contributed by atoms with Crippen LogP contribution in [-0.4, -0.2) is 18.7 Å². The van der Waals surface area contributed by atoms with Gasteiger partial charge in [-0.3, -0.25) is 0 Å². The van der Waals surface area contributed by atoms with Gasteiger partial charge in [-0.25, -0.2) is 4.39 Å². The van der Waals surface area contributed by atoms with E-state index in [1.807, 2.05) is 25.8 Å². The molecular weight excluding hydrogens is 205 g/mol. The van der Waals surface area contributed by atoms with Crippen LogP contribution in [0, 0.1) is 12.7 Å². The highest BCUT2D eigenvalue weighted by Gasteiger charge is 2.22. The van der Waals surface area contributed by atoms with Crippen molar-refractivity contribution in [3.63, 3.8) is 0 Å². The monoisotopic (exact) mass is 225 g/mol. The van der Waals surface area contributed by atoms with Crippen LogP contribution in [0.2, 0.25) is 0 Å². The van der Waals surface area contributed by atoms with E-state index in [1.54, 1.807) is 13.0 Å². The van der Waals surface area contributed by atoms with E-state index in [2.05, 4.69) is 0 Å².